The summed E-state index contributed by atoms with van der Waals surface area (Å²) in [5.41, 5.74) is 2.87. The highest BCUT2D eigenvalue weighted by Gasteiger charge is 2.29. The van der Waals surface area contributed by atoms with E-state index in [0.29, 0.717) is 40.4 Å². The van der Waals surface area contributed by atoms with Crippen LogP contribution in [0.15, 0.2) is 78.9 Å². The molecule has 0 saturated carbocycles. The van der Waals surface area contributed by atoms with E-state index in [-0.39, 0.29) is 18.6 Å². The first-order chi connectivity index (χ1) is 18.0. The Balaban J connectivity index is 1.58. The fourth-order valence-corrected chi connectivity index (χ4v) is 4.92. The number of carbonyl (C=O) groups is 1. The lowest BCUT2D eigenvalue weighted by Crippen LogP contribution is -2.37. The van der Waals surface area contributed by atoms with E-state index in [0.717, 1.165) is 29.7 Å². The largest absolute Gasteiger partial charge is 0.437 e. The molecule has 2 heterocycles. The summed E-state index contributed by atoms with van der Waals surface area (Å²) in [4.78, 5) is 15.6. The van der Waals surface area contributed by atoms with E-state index in [1.807, 2.05) is 61.6 Å². The number of halogens is 2. The van der Waals surface area contributed by atoms with Gasteiger partial charge in [0, 0.05) is 25.8 Å². The number of aromatic nitrogens is 2. The maximum Gasteiger partial charge on any atom is 0.255 e. The minimum atomic E-state index is -0.173. The molecule has 1 fully saturated rings. The predicted octanol–water partition coefficient (Wildman–Crippen LogP) is 7.01. The third-order valence-electron chi connectivity index (χ3n) is 6.37. The second-order valence-electron chi connectivity index (χ2n) is 8.95. The Morgan fingerprint density at radius 1 is 1.03 bits per heavy atom. The first-order valence-corrected chi connectivity index (χ1v) is 13.0. The van der Waals surface area contributed by atoms with E-state index >= 15 is 0 Å². The predicted molar refractivity (Wildman–Crippen MR) is 145 cm³/mol. The molecule has 37 heavy (non-hydrogen) atoms. The summed E-state index contributed by atoms with van der Waals surface area (Å²) in [5, 5.41) is 5.69. The van der Waals surface area contributed by atoms with Crippen LogP contribution in [0.4, 0.5) is 0 Å². The van der Waals surface area contributed by atoms with Crippen LogP contribution >= 0.6 is 23.2 Å². The number of nitrogens with zero attached hydrogens (tertiary/aromatic N) is 3. The lowest BCUT2D eigenvalue weighted by molar-refractivity contribution is 0.0506. The second kappa shape index (κ2) is 11.4. The highest BCUT2D eigenvalue weighted by atomic mass is 35.5. The van der Waals surface area contributed by atoms with Crippen LogP contribution in [-0.2, 0) is 18.3 Å². The van der Waals surface area contributed by atoms with E-state index in [2.05, 4.69) is 0 Å². The van der Waals surface area contributed by atoms with E-state index in [1.54, 1.807) is 33.8 Å². The molecule has 5 rings (SSSR count). The van der Waals surface area contributed by atoms with Crippen LogP contribution in [0.3, 0.4) is 0 Å². The van der Waals surface area contributed by atoms with Crippen LogP contribution in [0, 0.1) is 0 Å². The second-order valence-corrected chi connectivity index (χ2v) is 9.77. The Morgan fingerprint density at radius 3 is 2.43 bits per heavy atom. The molecule has 1 saturated heterocycles. The summed E-state index contributed by atoms with van der Waals surface area (Å²) in [5.74, 6) is 0.847. The normalized spacial score (nSPS) is 15.1. The van der Waals surface area contributed by atoms with Crippen molar-refractivity contribution in [3.63, 3.8) is 0 Å². The SMILES string of the molecule is Cn1nc(-c2ccccc2)c(CN(C[C@@H]2CCCO2)C(=O)c2ccccc2Cl)c1Oc1ccccc1Cl. The zero-order valence-corrected chi connectivity index (χ0v) is 22.0. The van der Waals surface area contributed by atoms with Gasteiger partial charge in [0.25, 0.3) is 5.91 Å². The van der Waals surface area contributed by atoms with Crippen LogP contribution < -0.4 is 4.74 Å². The van der Waals surface area contributed by atoms with Gasteiger partial charge in [-0.1, -0.05) is 77.8 Å². The summed E-state index contributed by atoms with van der Waals surface area (Å²) in [6, 6.07) is 24.2. The molecule has 0 N–H and O–H groups in total. The van der Waals surface area contributed by atoms with Gasteiger partial charge >= 0.3 is 0 Å². The third kappa shape index (κ3) is 5.67. The van der Waals surface area contributed by atoms with Crippen molar-refractivity contribution in [1.82, 2.24) is 14.7 Å². The summed E-state index contributed by atoms with van der Waals surface area (Å²) < 4.78 is 13.9. The average molecular weight is 536 g/mol. The lowest BCUT2D eigenvalue weighted by atomic mass is 10.1. The molecule has 3 aromatic carbocycles. The average Bonchev–Trinajstić information content (AvgIpc) is 3.53. The molecule has 1 atom stereocenters. The van der Waals surface area contributed by atoms with Crippen LogP contribution in [0.2, 0.25) is 10.0 Å². The molecule has 0 unspecified atom stereocenters. The van der Waals surface area contributed by atoms with E-state index in [4.69, 9.17) is 37.8 Å². The van der Waals surface area contributed by atoms with Crippen LogP contribution in [-0.4, -0.2) is 39.8 Å². The van der Waals surface area contributed by atoms with Crippen molar-refractivity contribution in [2.24, 2.45) is 7.05 Å². The van der Waals surface area contributed by atoms with Gasteiger partial charge in [-0.3, -0.25) is 4.79 Å². The molecule has 0 spiro atoms. The minimum absolute atomic E-state index is 0.0452. The van der Waals surface area contributed by atoms with Gasteiger partial charge in [0.05, 0.1) is 33.8 Å². The Kier molecular flexibility index (Phi) is 7.79. The summed E-state index contributed by atoms with van der Waals surface area (Å²) in [6.07, 6.45) is 1.83. The molecule has 8 heteroatoms. The van der Waals surface area contributed by atoms with Gasteiger partial charge in [-0.25, -0.2) is 4.68 Å². The minimum Gasteiger partial charge on any atom is -0.437 e. The van der Waals surface area contributed by atoms with Crippen molar-refractivity contribution >= 4 is 29.1 Å². The number of rotatable bonds is 8. The molecule has 1 aliphatic heterocycles. The molecule has 0 bridgehead atoms. The Hall–Kier alpha value is -3.32. The summed E-state index contributed by atoms with van der Waals surface area (Å²) >= 11 is 12.9. The van der Waals surface area contributed by atoms with Gasteiger partial charge in [-0.15, -0.1) is 0 Å². The molecule has 4 aromatic rings. The Morgan fingerprint density at radius 2 is 1.73 bits per heavy atom. The molecule has 1 aromatic heterocycles. The molecule has 0 radical (unpaired) electrons. The number of aryl methyl sites for hydroxylation is 1. The number of amides is 1. The van der Waals surface area contributed by atoms with Gasteiger partial charge in [0.1, 0.15) is 11.4 Å². The lowest BCUT2D eigenvalue weighted by Gasteiger charge is -2.26. The number of para-hydroxylation sites is 1. The number of hydrogen-bond donors (Lipinski definition) is 0. The van der Waals surface area contributed by atoms with Crippen molar-refractivity contribution in [2.45, 2.75) is 25.5 Å². The maximum absolute atomic E-state index is 13.8. The molecule has 1 amide bonds. The molecule has 1 aliphatic rings. The van der Waals surface area contributed by atoms with Crippen molar-refractivity contribution in [3.8, 4) is 22.9 Å². The molecule has 0 aliphatic carbocycles. The standard InChI is InChI=1S/C29H27Cl2N3O3/c1-33-29(37-26-16-8-7-15-25(26)31)23(27(32-33)20-10-3-2-4-11-20)19-34(18-21-12-9-17-36-21)28(35)22-13-5-6-14-24(22)30/h2-8,10-11,13-16,21H,9,12,17-19H2,1H3/t21-/m0/s1. The third-order valence-corrected chi connectivity index (χ3v) is 7.01. The van der Waals surface area contributed by atoms with Gasteiger partial charge in [0.2, 0.25) is 5.88 Å². The highest BCUT2D eigenvalue weighted by molar-refractivity contribution is 6.33. The number of carbonyl (C=O) groups excluding carboxylic acids is 1. The first-order valence-electron chi connectivity index (χ1n) is 12.2. The van der Waals surface area contributed by atoms with Crippen LogP contribution in [0.5, 0.6) is 11.6 Å². The molecular weight excluding hydrogens is 509 g/mol. The quantitative estimate of drug-likeness (QED) is 0.243. The van der Waals surface area contributed by atoms with Crippen molar-refractivity contribution < 1.29 is 14.3 Å². The zero-order valence-electron chi connectivity index (χ0n) is 20.4. The van der Waals surface area contributed by atoms with Gasteiger partial charge in [-0.2, -0.15) is 5.10 Å². The van der Waals surface area contributed by atoms with Crippen LogP contribution in [0.25, 0.3) is 11.3 Å². The monoisotopic (exact) mass is 535 g/mol. The first kappa shape index (κ1) is 25.3. The number of benzene rings is 3. The van der Waals surface area contributed by atoms with E-state index < -0.39 is 0 Å². The van der Waals surface area contributed by atoms with Crippen molar-refractivity contribution in [3.05, 3.63) is 100 Å². The topological polar surface area (TPSA) is 56.6 Å². The Labute approximate surface area is 226 Å². The molecule has 190 valence electrons. The number of ether oxygens (including phenoxy) is 2. The van der Waals surface area contributed by atoms with E-state index in [9.17, 15) is 4.79 Å². The van der Waals surface area contributed by atoms with E-state index in [1.165, 1.54) is 0 Å². The fraction of sp³-hybridized carbons (Fsp3) is 0.241. The molecule has 6 nitrogen and oxygen atoms in total. The van der Waals surface area contributed by atoms with Gasteiger partial charge < -0.3 is 14.4 Å². The Bertz CT molecular complexity index is 1380. The summed E-state index contributed by atoms with van der Waals surface area (Å²) in [6.45, 7) is 1.38. The summed E-state index contributed by atoms with van der Waals surface area (Å²) in [7, 11) is 1.82. The van der Waals surface area contributed by atoms with Crippen LogP contribution in [0.1, 0.15) is 28.8 Å². The highest BCUT2D eigenvalue weighted by Crippen LogP contribution is 2.37. The number of hydrogen-bond acceptors (Lipinski definition) is 4. The van der Waals surface area contributed by atoms with Gasteiger partial charge in [0.15, 0.2) is 0 Å². The van der Waals surface area contributed by atoms with Crippen molar-refractivity contribution in [2.75, 3.05) is 13.2 Å². The molecular formula is C29H27Cl2N3O3. The fourth-order valence-electron chi connectivity index (χ4n) is 4.53. The smallest absolute Gasteiger partial charge is 0.255 e. The zero-order chi connectivity index (χ0) is 25.8. The van der Waals surface area contributed by atoms with Crippen molar-refractivity contribution in [1.29, 1.82) is 0 Å². The van der Waals surface area contributed by atoms with Gasteiger partial charge in [-0.05, 0) is 37.1 Å². The maximum atomic E-state index is 13.8.